The Labute approximate surface area is 158 Å². The Bertz CT molecular complexity index is 890. The second-order valence-electron chi connectivity index (χ2n) is 6.58. The lowest BCUT2D eigenvalue weighted by atomic mass is 9.89. The number of anilines is 1. The van der Waals surface area contributed by atoms with E-state index >= 15 is 0 Å². The van der Waals surface area contributed by atoms with E-state index in [1.807, 2.05) is 4.90 Å². The summed E-state index contributed by atoms with van der Waals surface area (Å²) in [5.41, 5.74) is 1.06. The average molecular weight is 423 g/mol. The van der Waals surface area contributed by atoms with Gasteiger partial charge in [0.25, 0.3) is 0 Å². The first kappa shape index (κ1) is 17.3. The summed E-state index contributed by atoms with van der Waals surface area (Å²) in [5, 5.41) is 2.95. The van der Waals surface area contributed by atoms with Gasteiger partial charge in [-0.15, -0.1) is 0 Å². The van der Waals surface area contributed by atoms with Crippen molar-refractivity contribution in [2.45, 2.75) is 31.8 Å². The van der Waals surface area contributed by atoms with Crippen molar-refractivity contribution in [3.8, 4) is 11.5 Å². The van der Waals surface area contributed by atoms with Gasteiger partial charge in [0.05, 0.1) is 27.8 Å². The largest absolute Gasteiger partial charge is 0.455 e. The summed E-state index contributed by atoms with van der Waals surface area (Å²) in [6.45, 7) is 2.11. The molecule has 2 atom stereocenters. The van der Waals surface area contributed by atoms with Gasteiger partial charge < -0.3 is 15.0 Å². The highest BCUT2D eigenvalue weighted by Crippen LogP contribution is 2.49. The van der Waals surface area contributed by atoms with E-state index in [1.165, 1.54) is 19.1 Å². The monoisotopic (exact) mass is 422 g/mol. The Morgan fingerprint density at radius 2 is 2.08 bits per heavy atom. The van der Waals surface area contributed by atoms with Crippen molar-refractivity contribution in [3.05, 3.63) is 52.0 Å². The van der Waals surface area contributed by atoms with Gasteiger partial charge in [-0.3, -0.25) is 4.79 Å². The van der Waals surface area contributed by atoms with Crippen molar-refractivity contribution >= 4 is 27.5 Å². The molecule has 2 aliphatic rings. The number of benzene rings is 2. The summed E-state index contributed by atoms with van der Waals surface area (Å²) >= 11 is 3.22. The highest BCUT2D eigenvalue weighted by Gasteiger charge is 2.40. The zero-order valence-corrected chi connectivity index (χ0v) is 15.6. The van der Waals surface area contributed by atoms with Gasteiger partial charge in [0.2, 0.25) is 5.91 Å². The zero-order chi connectivity index (χ0) is 18.4. The molecule has 1 fully saturated rings. The lowest BCUT2D eigenvalue weighted by Crippen LogP contribution is -2.49. The van der Waals surface area contributed by atoms with Crippen LogP contribution in [0.1, 0.15) is 31.4 Å². The van der Waals surface area contributed by atoms with Crippen molar-refractivity contribution in [2.24, 2.45) is 0 Å². The molecule has 136 valence electrons. The maximum absolute atomic E-state index is 14.8. The molecule has 0 radical (unpaired) electrons. The highest BCUT2D eigenvalue weighted by atomic mass is 79.9. The minimum absolute atomic E-state index is 0.166. The lowest BCUT2D eigenvalue weighted by Gasteiger charge is -2.42. The van der Waals surface area contributed by atoms with E-state index in [9.17, 15) is 13.6 Å². The first-order valence-corrected chi connectivity index (χ1v) is 9.24. The molecule has 0 unspecified atom stereocenters. The molecule has 2 aromatic carbocycles. The van der Waals surface area contributed by atoms with Crippen LogP contribution in [0.25, 0.3) is 0 Å². The Morgan fingerprint density at radius 1 is 1.27 bits per heavy atom. The van der Waals surface area contributed by atoms with Crippen LogP contribution >= 0.6 is 15.9 Å². The van der Waals surface area contributed by atoms with E-state index < -0.39 is 17.7 Å². The number of ether oxygens (including phenoxy) is 1. The zero-order valence-electron chi connectivity index (χ0n) is 14.1. The van der Waals surface area contributed by atoms with Gasteiger partial charge in [-0.25, -0.2) is 8.78 Å². The van der Waals surface area contributed by atoms with Gasteiger partial charge in [-0.1, -0.05) is 6.07 Å². The molecule has 2 heterocycles. The number of hydrogen-bond acceptors (Lipinski definition) is 3. The van der Waals surface area contributed by atoms with Crippen molar-refractivity contribution < 1.29 is 18.3 Å². The fraction of sp³-hybridized carbons (Fsp3) is 0.316. The molecule has 4 rings (SSSR count). The van der Waals surface area contributed by atoms with Gasteiger partial charge >= 0.3 is 0 Å². The van der Waals surface area contributed by atoms with Crippen molar-refractivity contribution in [1.82, 2.24) is 5.32 Å². The van der Waals surface area contributed by atoms with E-state index in [0.29, 0.717) is 33.8 Å². The molecule has 1 amide bonds. The third kappa shape index (κ3) is 2.84. The smallest absolute Gasteiger partial charge is 0.217 e. The number of amides is 1. The van der Waals surface area contributed by atoms with Gasteiger partial charge in [0.1, 0.15) is 17.4 Å². The number of carbonyl (C=O) groups is 1. The Kier molecular flexibility index (Phi) is 4.34. The van der Waals surface area contributed by atoms with E-state index in [1.54, 1.807) is 18.2 Å². The van der Waals surface area contributed by atoms with Crippen molar-refractivity contribution in [2.75, 3.05) is 11.4 Å². The Hall–Kier alpha value is -2.15. The Morgan fingerprint density at radius 3 is 2.85 bits per heavy atom. The summed E-state index contributed by atoms with van der Waals surface area (Å²) < 4.78 is 35.1. The molecule has 0 spiro atoms. The topological polar surface area (TPSA) is 41.6 Å². The molecule has 26 heavy (non-hydrogen) atoms. The molecule has 0 bridgehead atoms. The number of rotatable bonds is 1. The molecular formula is C19H17BrF2N2O2. The second kappa shape index (κ2) is 6.54. The highest BCUT2D eigenvalue weighted by molar-refractivity contribution is 9.10. The van der Waals surface area contributed by atoms with Crippen LogP contribution in [-0.2, 0) is 4.79 Å². The standard InChI is InChI=1S/C19H17BrF2N2O2/c1-10(25)23-14-5-3-7-24-15-8-11(20)13(22)9-17(15)26-16-6-2-4-12(21)18(16)19(14)24/h2,4,6,8-9,14,19H,3,5,7H2,1H3,(H,23,25)/t14-,19+/m1/s1. The normalized spacial score (nSPS) is 21.0. The molecule has 2 aliphatic heterocycles. The lowest BCUT2D eigenvalue weighted by molar-refractivity contribution is -0.120. The molecule has 0 saturated carbocycles. The number of piperidine rings is 1. The predicted octanol–water partition coefficient (Wildman–Crippen LogP) is 4.68. The number of hydrogen-bond donors (Lipinski definition) is 1. The maximum atomic E-state index is 14.8. The van der Waals surface area contributed by atoms with E-state index in [0.717, 1.165) is 12.8 Å². The Balaban J connectivity index is 1.94. The first-order chi connectivity index (χ1) is 12.5. The van der Waals surface area contributed by atoms with E-state index in [4.69, 9.17) is 4.74 Å². The summed E-state index contributed by atoms with van der Waals surface area (Å²) in [6.07, 6.45) is 1.55. The minimum Gasteiger partial charge on any atom is -0.455 e. The van der Waals surface area contributed by atoms with Gasteiger partial charge in [-0.05, 0) is 47.0 Å². The van der Waals surface area contributed by atoms with Gasteiger partial charge in [-0.2, -0.15) is 0 Å². The van der Waals surface area contributed by atoms with Crippen LogP contribution in [0.5, 0.6) is 11.5 Å². The predicted molar refractivity (Wildman–Crippen MR) is 97.5 cm³/mol. The number of carbonyl (C=O) groups excluding carboxylic acids is 1. The van der Waals surface area contributed by atoms with Gasteiger partial charge in [0, 0.05) is 19.5 Å². The van der Waals surface area contributed by atoms with Crippen LogP contribution < -0.4 is 15.0 Å². The summed E-state index contributed by atoms with van der Waals surface area (Å²) in [4.78, 5) is 13.7. The molecule has 0 aromatic heterocycles. The quantitative estimate of drug-likeness (QED) is 0.725. The van der Waals surface area contributed by atoms with Crippen LogP contribution in [0.4, 0.5) is 14.5 Å². The molecule has 2 aromatic rings. The third-order valence-corrected chi connectivity index (χ3v) is 5.47. The summed E-state index contributed by atoms with van der Waals surface area (Å²) in [5.74, 6) is -0.334. The molecule has 7 heteroatoms. The van der Waals surface area contributed by atoms with E-state index in [-0.39, 0.29) is 11.9 Å². The average Bonchev–Trinajstić information content (AvgIpc) is 2.71. The van der Waals surface area contributed by atoms with Crippen LogP contribution in [-0.4, -0.2) is 18.5 Å². The fourth-order valence-electron chi connectivity index (χ4n) is 3.87. The van der Waals surface area contributed by atoms with Crippen LogP contribution in [0.15, 0.2) is 34.8 Å². The molecule has 4 nitrogen and oxygen atoms in total. The van der Waals surface area contributed by atoms with Crippen molar-refractivity contribution in [1.29, 1.82) is 0 Å². The van der Waals surface area contributed by atoms with Crippen LogP contribution in [0.3, 0.4) is 0 Å². The summed E-state index contributed by atoms with van der Waals surface area (Å²) in [7, 11) is 0. The number of nitrogens with one attached hydrogen (secondary N) is 1. The number of halogens is 3. The van der Waals surface area contributed by atoms with Crippen LogP contribution in [0.2, 0.25) is 0 Å². The van der Waals surface area contributed by atoms with Crippen molar-refractivity contribution in [3.63, 3.8) is 0 Å². The van der Waals surface area contributed by atoms with E-state index in [2.05, 4.69) is 21.2 Å². The maximum Gasteiger partial charge on any atom is 0.217 e. The molecule has 0 aliphatic carbocycles. The summed E-state index contributed by atoms with van der Waals surface area (Å²) in [6, 6.07) is 6.88. The third-order valence-electron chi connectivity index (χ3n) is 4.86. The first-order valence-electron chi connectivity index (χ1n) is 8.45. The second-order valence-corrected chi connectivity index (χ2v) is 7.43. The number of fused-ring (bicyclic) bond motifs is 5. The fourth-order valence-corrected chi connectivity index (χ4v) is 4.20. The molecular weight excluding hydrogens is 406 g/mol. The SMILES string of the molecule is CC(=O)N[C@@H]1CCCN2c3cc(Br)c(F)cc3Oc3cccc(F)c3[C@H]12. The molecule has 1 saturated heterocycles. The number of nitrogens with zero attached hydrogens (tertiary/aromatic N) is 1. The minimum atomic E-state index is -0.449. The molecule has 1 N–H and O–H groups in total. The van der Waals surface area contributed by atoms with Gasteiger partial charge in [0.15, 0.2) is 5.75 Å². The van der Waals surface area contributed by atoms with Crippen LogP contribution in [0, 0.1) is 11.6 Å².